The summed E-state index contributed by atoms with van der Waals surface area (Å²) in [7, 11) is 0. The zero-order valence-corrected chi connectivity index (χ0v) is 11.2. The van der Waals surface area contributed by atoms with Crippen LogP contribution in [-0.2, 0) is 0 Å². The maximum Gasteiger partial charge on any atom is 0.301 e. The van der Waals surface area contributed by atoms with Gasteiger partial charge in [-0.2, -0.15) is 5.10 Å². The number of rotatable bonds is 4. The van der Waals surface area contributed by atoms with E-state index in [1.54, 1.807) is 0 Å². The van der Waals surface area contributed by atoms with E-state index in [9.17, 15) is 20.2 Å². The van der Waals surface area contributed by atoms with Crippen molar-refractivity contribution < 1.29 is 9.85 Å². The van der Waals surface area contributed by atoms with E-state index < -0.39 is 9.85 Å². The van der Waals surface area contributed by atoms with E-state index in [0.29, 0.717) is 5.92 Å². The molecule has 2 aliphatic carbocycles. The normalized spacial score (nSPS) is 25.2. The van der Waals surface area contributed by atoms with Gasteiger partial charge in [-0.3, -0.25) is 25.7 Å². The maximum absolute atomic E-state index is 11.0. The fourth-order valence-electron chi connectivity index (χ4n) is 2.86. The molecule has 0 heterocycles. The molecule has 2 saturated carbocycles. The fraction of sp³-hybridized carbons (Fsp3) is 0.462. The summed E-state index contributed by atoms with van der Waals surface area (Å²) in [6.07, 6.45) is 4.41. The highest BCUT2D eigenvalue weighted by molar-refractivity contribution is 5.90. The molecule has 0 unspecified atom stereocenters. The van der Waals surface area contributed by atoms with Crippen LogP contribution in [0.4, 0.5) is 17.1 Å². The van der Waals surface area contributed by atoms with Gasteiger partial charge in [0.1, 0.15) is 5.69 Å². The van der Waals surface area contributed by atoms with Crippen LogP contribution in [0.1, 0.15) is 25.7 Å². The van der Waals surface area contributed by atoms with E-state index in [2.05, 4.69) is 10.5 Å². The average Bonchev–Trinajstić information content (AvgIpc) is 3.24. The van der Waals surface area contributed by atoms with Gasteiger partial charge in [-0.1, -0.05) is 0 Å². The lowest BCUT2D eigenvalue weighted by molar-refractivity contribution is -0.393. The number of nitro groups is 2. The number of nitrogens with zero attached hydrogens (tertiary/aromatic N) is 3. The first kappa shape index (κ1) is 13.5. The van der Waals surface area contributed by atoms with Gasteiger partial charge in [-0.15, -0.1) is 0 Å². The smallest absolute Gasteiger partial charge is 0.272 e. The molecule has 21 heavy (non-hydrogen) atoms. The van der Waals surface area contributed by atoms with Gasteiger partial charge in [0.15, 0.2) is 0 Å². The minimum Gasteiger partial charge on any atom is -0.272 e. The fourth-order valence-corrected chi connectivity index (χ4v) is 2.86. The van der Waals surface area contributed by atoms with Crippen molar-refractivity contribution in [1.82, 2.24) is 0 Å². The molecule has 8 nitrogen and oxygen atoms in total. The van der Waals surface area contributed by atoms with Crippen LogP contribution in [0, 0.1) is 32.1 Å². The second-order valence-electron chi connectivity index (χ2n) is 5.43. The predicted molar refractivity (Wildman–Crippen MR) is 76.3 cm³/mol. The first-order valence-corrected chi connectivity index (χ1v) is 6.81. The highest BCUT2D eigenvalue weighted by Gasteiger charge is 2.43. The Morgan fingerprint density at radius 1 is 1.24 bits per heavy atom. The molecule has 0 amide bonds. The Morgan fingerprint density at radius 3 is 2.76 bits per heavy atom. The molecule has 8 heteroatoms. The number of anilines is 1. The van der Waals surface area contributed by atoms with Gasteiger partial charge in [0, 0.05) is 17.7 Å². The topological polar surface area (TPSA) is 111 Å². The molecule has 2 aliphatic rings. The zero-order valence-electron chi connectivity index (χ0n) is 11.2. The van der Waals surface area contributed by atoms with E-state index >= 15 is 0 Å². The molecular weight excluding hydrogens is 276 g/mol. The Bertz CT molecular complexity index is 643. The Balaban J connectivity index is 1.83. The number of hydrogen-bond acceptors (Lipinski definition) is 6. The average molecular weight is 290 g/mol. The Hall–Kier alpha value is -2.51. The molecule has 0 radical (unpaired) electrons. The number of benzene rings is 1. The summed E-state index contributed by atoms with van der Waals surface area (Å²) in [5.41, 5.74) is 3.31. The van der Waals surface area contributed by atoms with Crippen LogP contribution in [0.15, 0.2) is 23.3 Å². The minimum absolute atomic E-state index is 0.181. The van der Waals surface area contributed by atoms with Crippen molar-refractivity contribution in [3.8, 4) is 0 Å². The second kappa shape index (κ2) is 5.12. The third kappa shape index (κ3) is 2.69. The largest absolute Gasteiger partial charge is 0.301 e. The molecule has 0 aliphatic heterocycles. The van der Waals surface area contributed by atoms with Crippen molar-refractivity contribution in [3.63, 3.8) is 0 Å². The van der Waals surface area contributed by atoms with Crippen LogP contribution in [0.25, 0.3) is 0 Å². The van der Waals surface area contributed by atoms with Crippen LogP contribution in [0.3, 0.4) is 0 Å². The summed E-state index contributed by atoms with van der Waals surface area (Å²) in [6, 6.07) is 3.51. The molecule has 1 N–H and O–H groups in total. The third-order valence-electron chi connectivity index (χ3n) is 4.07. The molecule has 1 aromatic rings. The Morgan fingerprint density at radius 2 is 2.05 bits per heavy atom. The lowest BCUT2D eigenvalue weighted by Crippen LogP contribution is -2.11. The zero-order chi connectivity index (χ0) is 15.0. The van der Waals surface area contributed by atoms with Gasteiger partial charge < -0.3 is 0 Å². The third-order valence-corrected chi connectivity index (χ3v) is 4.07. The van der Waals surface area contributed by atoms with Crippen molar-refractivity contribution in [1.29, 1.82) is 0 Å². The minimum atomic E-state index is -0.654. The lowest BCUT2D eigenvalue weighted by atomic mass is 9.99. The van der Waals surface area contributed by atoms with Gasteiger partial charge in [0.2, 0.25) is 0 Å². The highest BCUT2D eigenvalue weighted by atomic mass is 16.6. The molecule has 3 rings (SSSR count). The van der Waals surface area contributed by atoms with Crippen LogP contribution < -0.4 is 5.43 Å². The summed E-state index contributed by atoms with van der Waals surface area (Å²) >= 11 is 0. The first-order chi connectivity index (χ1) is 10.1. The summed E-state index contributed by atoms with van der Waals surface area (Å²) in [4.78, 5) is 20.4. The van der Waals surface area contributed by atoms with E-state index in [-0.39, 0.29) is 17.1 Å². The molecule has 0 bridgehead atoms. The van der Waals surface area contributed by atoms with E-state index in [4.69, 9.17) is 0 Å². The standard InChI is InChI=1S/C13H14N4O4/c18-16(19)9-4-5-12(13(7-9)17(20)21)15-14-11-3-1-2-8-6-10(8)11/h4-5,7-8,10,15H,1-3,6H2/b14-11+/t8-,10-/m1/s1. The van der Waals surface area contributed by atoms with Gasteiger partial charge >= 0.3 is 5.69 Å². The van der Waals surface area contributed by atoms with E-state index in [1.165, 1.54) is 18.6 Å². The number of nitrogens with one attached hydrogen (secondary N) is 1. The van der Waals surface area contributed by atoms with Gasteiger partial charge in [0.25, 0.3) is 5.69 Å². The number of hydrazone groups is 1. The highest BCUT2D eigenvalue weighted by Crippen LogP contribution is 2.47. The van der Waals surface area contributed by atoms with Crippen molar-refractivity contribution in [2.75, 3.05) is 5.43 Å². The summed E-state index contributed by atoms with van der Waals surface area (Å²) in [5, 5.41) is 26.0. The molecule has 0 saturated heterocycles. The monoisotopic (exact) mass is 290 g/mol. The second-order valence-corrected chi connectivity index (χ2v) is 5.43. The van der Waals surface area contributed by atoms with Gasteiger partial charge in [0.05, 0.1) is 15.9 Å². The van der Waals surface area contributed by atoms with Crippen molar-refractivity contribution in [2.24, 2.45) is 16.9 Å². The summed E-state index contributed by atoms with van der Waals surface area (Å²) < 4.78 is 0. The van der Waals surface area contributed by atoms with Crippen LogP contribution >= 0.6 is 0 Å². The van der Waals surface area contributed by atoms with Crippen molar-refractivity contribution in [3.05, 3.63) is 38.4 Å². The first-order valence-electron chi connectivity index (χ1n) is 6.81. The van der Waals surface area contributed by atoms with Crippen molar-refractivity contribution in [2.45, 2.75) is 25.7 Å². The molecule has 1 aromatic carbocycles. The number of nitro benzene ring substituents is 2. The molecule has 0 spiro atoms. The van der Waals surface area contributed by atoms with Crippen molar-refractivity contribution >= 4 is 22.8 Å². The molecule has 110 valence electrons. The van der Waals surface area contributed by atoms with Gasteiger partial charge in [-0.25, -0.2) is 0 Å². The van der Waals surface area contributed by atoms with Crippen LogP contribution in [-0.4, -0.2) is 15.6 Å². The maximum atomic E-state index is 11.0. The molecule has 2 fully saturated rings. The SMILES string of the molecule is O=[N+]([O-])c1ccc(N/N=C2\CCC[C@@H]3C[C@@H]23)c([N+](=O)[O-])c1. The lowest BCUT2D eigenvalue weighted by Gasteiger charge is -2.12. The Kier molecular flexibility index (Phi) is 3.28. The molecular formula is C13H14N4O4. The van der Waals surface area contributed by atoms with Crippen LogP contribution in [0.2, 0.25) is 0 Å². The van der Waals surface area contributed by atoms with Gasteiger partial charge in [-0.05, 0) is 37.7 Å². The summed E-state index contributed by atoms with van der Waals surface area (Å²) in [6.45, 7) is 0. The summed E-state index contributed by atoms with van der Waals surface area (Å²) in [5.74, 6) is 1.24. The molecule has 2 atom stereocenters. The predicted octanol–water partition coefficient (Wildman–Crippen LogP) is 3.09. The number of fused-ring (bicyclic) bond motifs is 1. The number of non-ortho nitro benzene ring substituents is 1. The quantitative estimate of drug-likeness (QED) is 0.676. The molecule has 0 aromatic heterocycles. The van der Waals surface area contributed by atoms with E-state index in [1.807, 2.05) is 0 Å². The Labute approximate surface area is 120 Å². The van der Waals surface area contributed by atoms with Crippen LogP contribution in [0.5, 0.6) is 0 Å². The van der Waals surface area contributed by atoms with E-state index in [0.717, 1.165) is 37.0 Å². The number of hydrogen-bond donors (Lipinski definition) is 1.